The summed E-state index contributed by atoms with van der Waals surface area (Å²) in [6.07, 6.45) is 9.92. The molecule has 2 aromatic carbocycles. The lowest BCUT2D eigenvalue weighted by molar-refractivity contribution is -0.118. The summed E-state index contributed by atoms with van der Waals surface area (Å²) < 4.78 is 1.84. The molecule has 0 saturated heterocycles. The van der Waals surface area contributed by atoms with E-state index in [0.29, 0.717) is 23.8 Å². The van der Waals surface area contributed by atoms with Crippen molar-refractivity contribution in [2.75, 3.05) is 17.6 Å². The van der Waals surface area contributed by atoms with E-state index in [1.54, 1.807) is 12.3 Å². The fourth-order valence-corrected chi connectivity index (χ4v) is 5.03. The minimum atomic E-state index is -0.183. The number of hydrogen-bond donors (Lipinski definition) is 2. The summed E-state index contributed by atoms with van der Waals surface area (Å²) in [6.45, 7) is 1.40. The fourth-order valence-electron chi connectivity index (χ4n) is 4.15. The van der Waals surface area contributed by atoms with E-state index in [-0.39, 0.29) is 11.8 Å². The number of aromatic nitrogens is 2. The Morgan fingerprint density at radius 2 is 1.88 bits per heavy atom. The van der Waals surface area contributed by atoms with Crippen molar-refractivity contribution in [3.8, 4) is 0 Å². The maximum absolute atomic E-state index is 13.0. The van der Waals surface area contributed by atoms with Crippen molar-refractivity contribution in [2.45, 2.75) is 43.5 Å². The van der Waals surface area contributed by atoms with Gasteiger partial charge in [0.1, 0.15) is 0 Å². The van der Waals surface area contributed by atoms with Crippen molar-refractivity contribution >= 4 is 29.3 Å². The normalized spacial score (nSPS) is 14.1. The van der Waals surface area contributed by atoms with Crippen molar-refractivity contribution < 1.29 is 9.59 Å². The number of rotatable bonds is 9. The van der Waals surface area contributed by atoms with E-state index in [2.05, 4.69) is 15.7 Å². The molecule has 1 heterocycles. The van der Waals surface area contributed by atoms with E-state index in [1.807, 2.05) is 59.4 Å². The summed E-state index contributed by atoms with van der Waals surface area (Å²) in [4.78, 5) is 26.2. The molecule has 4 rings (SSSR count). The summed E-state index contributed by atoms with van der Waals surface area (Å²) >= 11 is 1.40. The van der Waals surface area contributed by atoms with Crippen LogP contribution in [0.5, 0.6) is 0 Å². The first-order valence-electron chi connectivity index (χ1n) is 11.5. The van der Waals surface area contributed by atoms with Gasteiger partial charge in [0.25, 0.3) is 5.91 Å². The molecule has 172 valence electrons. The molecule has 1 aliphatic carbocycles. The highest BCUT2D eigenvalue weighted by Crippen LogP contribution is 2.25. The van der Waals surface area contributed by atoms with Gasteiger partial charge in [0.05, 0.1) is 17.9 Å². The zero-order valence-electron chi connectivity index (χ0n) is 18.7. The highest BCUT2D eigenvalue weighted by Gasteiger charge is 2.16. The quantitative estimate of drug-likeness (QED) is 0.440. The summed E-state index contributed by atoms with van der Waals surface area (Å²) in [5.41, 5.74) is 2.35. The monoisotopic (exact) mass is 462 g/mol. The smallest absolute Gasteiger partial charge is 0.256 e. The molecule has 1 aliphatic rings. The van der Waals surface area contributed by atoms with Crippen LogP contribution in [0.4, 0.5) is 5.69 Å². The second kappa shape index (κ2) is 11.7. The Labute approximate surface area is 199 Å². The summed E-state index contributed by atoms with van der Waals surface area (Å²) in [6, 6.07) is 17.1. The van der Waals surface area contributed by atoms with Gasteiger partial charge in [-0.05, 0) is 54.7 Å². The van der Waals surface area contributed by atoms with Crippen LogP contribution in [0.15, 0.2) is 71.9 Å². The largest absolute Gasteiger partial charge is 0.355 e. The van der Waals surface area contributed by atoms with E-state index in [1.165, 1.54) is 43.9 Å². The highest BCUT2D eigenvalue weighted by molar-refractivity contribution is 8.00. The molecule has 33 heavy (non-hydrogen) atoms. The number of amides is 2. The van der Waals surface area contributed by atoms with Gasteiger partial charge >= 0.3 is 0 Å². The van der Waals surface area contributed by atoms with Crippen molar-refractivity contribution in [2.24, 2.45) is 5.92 Å². The van der Waals surface area contributed by atoms with E-state index in [0.717, 1.165) is 22.7 Å². The Balaban J connectivity index is 1.32. The van der Waals surface area contributed by atoms with Crippen LogP contribution in [0, 0.1) is 5.92 Å². The molecule has 1 saturated carbocycles. The maximum Gasteiger partial charge on any atom is 0.256 e. The molecule has 0 radical (unpaired) electrons. The lowest BCUT2D eigenvalue weighted by Crippen LogP contribution is -2.31. The first kappa shape index (κ1) is 23.1. The third-order valence-electron chi connectivity index (χ3n) is 5.89. The number of anilines is 1. The fraction of sp³-hybridized carbons (Fsp3) is 0.346. The molecule has 7 heteroatoms. The van der Waals surface area contributed by atoms with Gasteiger partial charge in [-0.1, -0.05) is 43.5 Å². The van der Waals surface area contributed by atoms with Gasteiger partial charge in [-0.2, -0.15) is 5.10 Å². The molecule has 0 spiro atoms. The first-order chi connectivity index (χ1) is 16.2. The number of nitrogens with one attached hydrogen (secondary N) is 2. The number of carbonyl (C=O) groups is 2. The molecule has 6 nitrogen and oxygen atoms in total. The lowest BCUT2D eigenvalue weighted by atomic mass is 9.89. The van der Waals surface area contributed by atoms with Crippen molar-refractivity contribution in [1.29, 1.82) is 0 Å². The summed E-state index contributed by atoms with van der Waals surface area (Å²) in [5.74, 6) is 0.745. The number of benzene rings is 2. The van der Waals surface area contributed by atoms with Crippen LogP contribution < -0.4 is 10.6 Å². The lowest BCUT2D eigenvalue weighted by Gasteiger charge is -2.21. The van der Waals surface area contributed by atoms with E-state index >= 15 is 0 Å². The van der Waals surface area contributed by atoms with E-state index < -0.39 is 0 Å². The van der Waals surface area contributed by atoms with Crippen LogP contribution in [0.2, 0.25) is 0 Å². The third kappa shape index (κ3) is 6.96. The van der Waals surface area contributed by atoms with Crippen molar-refractivity contribution in [3.63, 3.8) is 0 Å². The second-order valence-corrected chi connectivity index (χ2v) is 9.47. The number of hydrogen-bond acceptors (Lipinski definition) is 4. The molecule has 3 aromatic rings. The molecule has 2 N–H and O–H groups in total. The average molecular weight is 463 g/mol. The van der Waals surface area contributed by atoms with E-state index in [4.69, 9.17) is 0 Å². The number of thioether (sulfide) groups is 1. The summed E-state index contributed by atoms with van der Waals surface area (Å²) in [7, 11) is 0. The Kier molecular flexibility index (Phi) is 8.19. The Morgan fingerprint density at radius 3 is 2.70 bits per heavy atom. The maximum atomic E-state index is 13.0. The van der Waals surface area contributed by atoms with Gasteiger partial charge in [-0.25, -0.2) is 0 Å². The van der Waals surface area contributed by atoms with Crippen LogP contribution >= 0.6 is 11.8 Å². The van der Waals surface area contributed by atoms with Crippen LogP contribution in [0.25, 0.3) is 0 Å². The zero-order chi connectivity index (χ0) is 22.9. The molecule has 2 amide bonds. The summed E-state index contributed by atoms with van der Waals surface area (Å²) in [5, 5.41) is 10.3. The molecule has 1 fully saturated rings. The van der Waals surface area contributed by atoms with Gasteiger partial charge in [-0.15, -0.1) is 11.8 Å². The van der Waals surface area contributed by atoms with Crippen LogP contribution in [0.1, 0.15) is 48.0 Å². The van der Waals surface area contributed by atoms with Gasteiger partial charge in [0.15, 0.2) is 0 Å². The molecular weight excluding hydrogens is 432 g/mol. The Bertz CT molecular complexity index is 1060. The molecule has 0 bridgehead atoms. The molecule has 0 atom stereocenters. The van der Waals surface area contributed by atoms with E-state index in [9.17, 15) is 9.59 Å². The van der Waals surface area contributed by atoms with Crippen LogP contribution in [-0.4, -0.2) is 33.9 Å². The molecule has 0 unspecified atom stereocenters. The van der Waals surface area contributed by atoms with Crippen molar-refractivity contribution in [3.05, 3.63) is 78.1 Å². The van der Waals surface area contributed by atoms with Crippen LogP contribution in [0.3, 0.4) is 0 Å². The molecule has 1 aromatic heterocycles. The Hall–Kier alpha value is -3.06. The zero-order valence-corrected chi connectivity index (χ0v) is 19.5. The standard InChI is InChI=1S/C26H30N4O2S/c31-25(27-17-20-8-2-1-3-9-20)19-33-24-13-5-4-12-23(24)26(32)29-22-11-6-10-21(16-22)18-30-15-7-14-28-30/h4-7,10-16,20H,1-3,8-9,17-19H2,(H,27,31)(H,29,32). The topological polar surface area (TPSA) is 76.0 Å². The predicted molar refractivity (Wildman–Crippen MR) is 132 cm³/mol. The highest BCUT2D eigenvalue weighted by atomic mass is 32.2. The second-order valence-electron chi connectivity index (χ2n) is 8.45. The van der Waals surface area contributed by atoms with Crippen molar-refractivity contribution in [1.82, 2.24) is 15.1 Å². The third-order valence-corrected chi connectivity index (χ3v) is 6.97. The van der Waals surface area contributed by atoms with Gasteiger partial charge in [0, 0.05) is 29.5 Å². The first-order valence-corrected chi connectivity index (χ1v) is 12.5. The SMILES string of the molecule is O=C(CSc1ccccc1C(=O)Nc1cccc(Cn2cccn2)c1)NCC1CCCCC1. The Morgan fingerprint density at radius 1 is 1.03 bits per heavy atom. The number of nitrogens with zero attached hydrogens (tertiary/aromatic N) is 2. The van der Waals surface area contributed by atoms with Gasteiger partial charge in [-0.3, -0.25) is 14.3 Å². The molecule has 0 aliphatic heterocycles. The van der Waals surface area contributed by atoms with Gasteiger partial charge in [0.2, 0.25) is 5.91 Å². The van der Waals surface area contributed by atoms with Crippen LogP contribution in [-0.2, 0) is 11.3 Å². The molecular formula is C26H30N4O2S. The predicted octanol–water partition coefficient (Wildman–Crippen LogP) is 4.97. The van der Waals surface area contributed by atoms with Gasteiger partial charge < -0.3 is 10.6 Å². The average Bonchev–Trinajstić information content (AvgIpc) is 3.35. The minimum absolute atomic E-state index is 0.0205. The minimum Gasteiger partial charge on any atom is -0.355 e. The number of carbonyl (C=O) groups excluding carboxylic acids is 2.